The van der Waals surface area contributed by atoms with Gasteiger partial charge in [0.2, 0.25) is 0 Å². The molecule has 0 unspecified atom stereocenters. The molecule has 0 atom stereocenters. The Morgan fingerprint density at radius 3 is 2.57 bits per heavy atom. The highest BCUT2D eigenvalue weighted by Crippen LogP contribution is 2.19. The first kappa shape index (κ1) is 18.9. The van der Waals surface area contributed by atoms with Gasteiger partial charge in [0.05, 0.1) is 16.0 Å². The topological polar surface area (TPSA) is 119 Å². The van der Waals surface area contributed by atoms with Crippen LogP contribution in [0.15, 0.2) is 52.4 Å². The smallest absolute Gasteiger partial charge is 0.267 e. The van der Waals surface area contributed by atoms with Crippen LogP contribution in [0.25, 0.3) is 10.8 Å². The van der Waals surface area contributed by atoms with Crippen molar-refractivity contribution in [3.8, 4) is 0 Å². The van der Waals surface area contributed by atoms with Crippen LogP contribution >= 0.6 is 0 Å². The van der Waals surface area contributed by atoms with Crippen molar-refractivity contribution in [2.24, 2.45) is 12.1 Å². The van der Waals surface area contributed by atoms with Crippen LogP contribution in [0.2, 0.25) is 0 Å². The van der Waals surface area contributed by atoms with E-state index in [1.807, 2.05) is 0 Å². The van der Waals surface area contributed by atoms with E-state index in [0.29, 0.717) is 27.6 Å². The van der Waals surface area contributed by atoms with Crippen LogP contribution in [0.4, 0.5) is 5.69 Å². The standard InChI is InChI=1S/C19H17N5O4/c1-11-8-9-13(10-16(11)24(27)28)12(2)20-21-18(25)17-14-6-4-5-7-15(14)19(26)23(3)22-17/h4-10H,1-3H3,(H,21,25)/b20-12-. The number of benzene rings is 2. The summed E-state index contributed by atoms with van der Waals surface area (Å²) in [6, 6.07) is 11.4. The number of hydrogen-bond acceptors (Lipinski definition) is 6. The zero-order chi connectivity index (χ0) is 20.4. The maximum absolute atomic E-state index is 12.6. The van der Waals surface area contributed by atoms with Gasteiger partial charge < -0.3 is 0 Å². The highest BCUT2D eigenvalue weighted by Gasteiger charge is 2.16. The zero-order valence-corrected chi connectivity index (χ0v) is 15.5. The van der Waals surface area contributed by atoms with Crippen molar-refractivity contribution in [2.45, 2.75) is 13.8 Å². The Bertz CT molecular complexity index is 1200. The van der Waals surface area contributed by atoms with Crippen LogP contribution in [0.1, 0.15) is 28.5 Å². The molecule has 2 aromatic carbocycles. The molecule has 0 fully saturated rings. The number of carbonyl (C=O) groups is 1. The number of aryl methyl sites for hydroxylation is 2. The summed E-state index contributed by atoms with van der Waals surface area (Å²) in [5.41, 5.74) is 3.57. The number of hydrazone groups is 1. The molecule has 0 aliphatic heterocycles. The molecule has 3 aromatic rings. The normalized spacial score (nSPS) is 11.5. The van der Waals surface area contributed by atoms with Crippen LogP contribution in [0.5, 0.6) is 0 Å². The summed E-state index contributed by atoms with van der Waals surface area (Å²) in [7, 11) is 1.46. The number of carbonyl (C=O) groups excluding carboxylic acids is 1. The lowest BCUT2D eigenvalue weighted by Gasteiger charge is -2.07. The van der Waals surface area contributed by atoms with Crippen molar-refractivity contribution < 1.29 is 9.72 Å². The molecule has 0 aliphatic carbocycles. The molecular formula is C19H17N5O4. The first-order valence-corrected chi connectivity index (χ1v) is 8.35. The number of nitrogens with one attached hydrogen (secondary N) is 1. The highest BCUT2D eigenvalue weighted by molar-refractivity contribution is 6.06. The lowest BCUT2D eigenvalue weighted by atomic mass is 10.1. The van der Waals surface area contributed by atoms with E-state index in [4.69, 9.17) is 0 Å². The van der Waals surface area contributed by atoms with E-state index in [-0.39, 0.29) is 16.9 Å². The molecule has 3 rings (SSSR count). The van der Waals surface area contributed by atoms with Crippen LogP contribution < -0.4 is 11.0 Å². The summed E-state index contributed by atoms with van der Waals surface area (Å²) in [6.45, 7) is 3.27. The van der Waals surface area contributed by atoms with Gasteiger partial charge in [-0.2, -0.15) is 10.2 Å². The second-order valence-electron chi connectivity index (χ2n) is 6.22. The minimum Gasteiger partial charge on any atom is -0.267 e. The molecule has 28 heavy (non-hydrogen) atoms. The Labute approximate surface area is 159 Å². The van der Waals surface area contributed by atoms with E-state index in [9.17, 15) is 19.7 Å². The van der Waals surface area contributed by atoms with Crippen LogP contribution in [-0.4, -0.2) is 26.3 Å². The Hall–Kier alpha value is -3.88. The average Bonchev–Trinajstić information content (AvgIpc) is 2.68. The fraction of sp³-hybridized carbons (Fsp3) is 0.158. The molecular weight excluding hydrogens is 362 g/mol. The third kappa shape index (κ3) is 3.50. The fourth-order valence-corrected chi connectivity index (χ4v) is 2.75. The monoisotopic (exact) mass is 379 g/mol. The van der Waals surface area contributed by atoms with Crippen molar-refractivity contribution in [1.82, 2.24) is 15.2 Å². The summed E-state index contributed by atoms with van der Waals surface area (Å²) in [5.74, 6) is -0.590. The first-order chi connectivity index (χ1) is 13.3. The molecule has 1 aromatic heterocycles. The van der Waals surface area contributed by atoms with E-state index in [1.165, 1.54) is 13.1 Å². The Morgan fingerprint density at radius 2 is 1.89 bits per heavy atom. The third-order valence-corrected chi connectivity index (χ3v) is 4.32. The molecule has 0 bridgehead atoms. The lowest BCUT2D eigenvalue weighted by molar-refractivity contribution is -0.385. The zero-order valence-electron chi connectivity index (χ0n) is 15.5. The van der Waals surface area contributed by atoms with Crippen LogP contribution in [0.3, 0.4) is 0 Å². The molecule has 1 N–H and O–H groups in total. The molecule has 0 spiro atoms. The van der Waals surface area contributed by atoms with Gasteiger partial charge in [-0.05, 0) is 19.9 Å². The first-order valence-electron chi connectivity index (χ1n) is 8.35. The van der Waals surface area contributed by atoms with Gasteiger partial charge in [-0.25, -0.2) is 10.1 Å². The summed E-state index contributed by atoms with van der Waals surface area (Å²) in [4.78, 5) is 35.4. The van der Waals surface area contributed by atoms with Gasteiger partial charge in [-0.3, -0.25) is 19.7 Å². The third-order valence-electron chi connectivity index (χ3n) is 4.32. The predicted octanol–water partition coefficient (Wildman–Crippen LogP) is 2.30. The SMILES string of the molecule is C/C(=N/NC(=O)c1nn(C)c(=O)c2ccccc12)c1ccc(C)c([N+](=O)[O-])c1. The number of nitrogens with zero attached hydrogens (tertiary/aromatic N) is 4. The van der Waals surface area contributed by atoms with E-state index in [0.717, 1.165) is 4.68 Å². The molecule has 0 saturated heterocycles. The van der Waals surface area contributed by atoms with E-state index >= 15 is 0 Å². The van der Waals surface area contributed by atoms with Crippen molar-refractivity contribution in [2.75, 3.05) is 0 Å². The number of nitro benzene ring substituents is 1. The van der Waals surface area contributed by atoms with Crippen molar-refractivity contribution in [1.29, 1.82) is 0 Å². The van der Waals surface area contributed by atoms with E-state index < -0.39 is 10.8 Å². The van der Waals surface area contributed by atoms with Crippen LogP contribution in [-0.2, 0) is 7.05 Å². The van der Waals surface area contributed by atoms with E-state index in [2.05, 4.69) is 15.6 Å². The van der Waals surface area contributed by atoms with Gasteiger partial charge in [0.1, 0.15) is 0 Å². The molecule has 142 valence electrons. The Morgan fingerprint density at radius 1 is 1.21 bits per heavy atom. The molecule has 9 nitrogen and oxygen atoms in total. The second kappa shape index (κ2) is 7.39. The molecule has 1 amide bonds. The Kier molecular flexibility index (Phi) is 4.99. The van der Waals surface area contributed by atoms with Gasteiger partial charge in [0, 0.05) is 29.6 Å². The minimum atomic E-state index is -0.590. The number of aromatic nitrogens is 2. The number of amides is 1. The minimum absolute atomic E-state index is 0.0240. The van der Waals surface area contributed by atoms with Gasteiger partial charge in [-0.1, -0.05) is 30.3 Å². The largest absolute Gasteiger partial charge is 0.292 e. The van der Waals surface area contributed by atoms with Gasteiger partial charge >= 0.3 is 0 Å². The number of rotatable bonds is 4. The molecule has 0 saturated carbocycles. The van der Waals surface area contributed by atoms with Crippen molar-refractivity contribution in [3.63, 3.8) is 0 Å². The summed E-state index contributed by atoms with van der Waals surface area (Å²) in [5, 5.41) is 19.9. The van der Waals surface area contributed by atoms with Crippen LogP contribution in [0, 0.1) is 17.0 Å². The predicted molar refractivity (Wildman–Crippen MR) is 104 cm³/mol. The molecule has 1 heterocycles. The highest BCUT2D eigenvalue weighted by atomic mass is 16.6. The van der Waals surface area contributed by atoms with Crippen molar-refractivity contribution >= 4 is 28.1 Å². The quantitative estimate of drug-likeness (QED) is 0.424. The Balaban J connectivity index is 1.93. The molecule has 0 radical (unpaired) electrons. The maximum Gasteiger partial charge on any atom is 0.292 e. The number of hydrogen-bond donors (Lipinski definition) is 1. The van der Waals surface area contributed by atoms with Gasteiger partial charge in [0.25, 0.3) is 17.2 Å². The summed E-state index contributed by atoms with van der Waals surface area (Å²) < 4.78 is 1.09. The lowest BCUT2D eigenvalue weighted by Crippen LogP contribution is -2.27. The second-order valence-corrected chi connectivity index (χ2v) is 6.22. The average molecular weight is 379 g/mol. The summed E-state index contributed by atoms with van der Waals surface area (Å²) in [6.07, 6.45) is 0. The van der Waals surface area contributed by atoms with Crippen molar-refractivity contribution in [3.05, 3.63) is 79.8 Å². The maximum atomic E-state index is 12.6. The molecule has 9 heteroatoms. The molecule has 0 aliphatic rings. The number of nitro groups is 1. The summed E-state index contributed by atoms with van der Waals surface area (Å²) >= 11 is 0. The van der Waals surface area contributed by atoms with E-state index in [1.54, 1.807) is 50.2 Å². The number of fused-ring (bicyclic) bond motifs is 1. The van der Waals surface area contributed by atoms with Gasteiger partial charge in [-0.15, -0.1) is 0 Å². The van der Waals surface area contributed by atoms with Gasteiger partial charge in [0.15, 0.2) is 5.69 Å². The fourth-order valence-electron chi connectivity index (χ4n) is 2.75.